The summed E-state index contributed by atoms with van der Waals surface area (Å²) >= 11 is 1.36. The number of carbonyl (C=O) groups excluding carboxylic acids is 1. The maximum atomic E-state index is 12.5. The maximum absolute atomic E-state index is 12.5. The van der Waals surface area contributed by atoms with Gasteiger partial charge in [0.05, 0.1) is 18.2 Å². The van der Waals surface area contributed by atoms with Crippen molar-refractivity contribution < 1.29 is 9.53 Å². The molecule has 1 aromatic rings. The first-order valence-electron chi connectivity index (χ1n) is 7.04. The van der Waals surface area contributed by atoms with Gasteiger partial charge in [-0.2, -0.15) is 5.26 Å². The van der Waals surface area contributed by atoms with Crippen molar-refractivity contribution in [1.82, 2.24) is 4.90 Å². The average molecular weight is 317 g/mol. The molecule has 0 saturated carbocycles. The number of morpholine rings is 1. The van der Waals surface area contributed by atoms with Gasteiger partial charge in [-0.15, -0.1) is 11.8 Å². The second kappa shape index (κ2) is 7.87. The van der Waals surface area contributed by atoms with Gasteiger partial charge >= 0.3 is 0 Å². The molecule has 2 rings (SSSR count). The van der Waals surface area contributed by atoms with E-state index < -0.39 is 0 Å². The summed E-state index contributed by atoms with van der Waals surface area (Å²) in [7, 11) is 0. The molecule has 6 heteroatoms. The number of hydrogen-bond donors (Lipinski definition) is 1. The fourth-order valence-electron chi connectivity index (χ4n) is 2.10. The van der Waals surface area contributed by atoms with Gasteiger partial charge in [0.15, 0.2) is 0 Å². The van der Waals surface area contributed by atoms with Crippen molar-refractivity contribution in [3.05, 3.63) is 40.4 Å². The lowest BCUT2D eigenvalue weighted by Gasteiger charge is -2.27. The van der Waals surface area contributed by atoms with Crippen LogP contribution in [0.5, 0.6) is 0 Å². The van der Waals surface area contributed by atoms with E-state index in [0.717, 1.165) is 11.3 Å². The van der Waals surface area contributed by atoms with Crippen LogP contribution in [0.15, 0.2) is 34.9 Å². The highest BCUT2D eigenvalue weighted by Crippen LogP contribution is 2.22. The number of carbonyl (C=O) groups is 1. The molecule has 1 fully saturated rings. The van der Waals surface area contributed by atoms with E-state index in [-0.39, 0.29) is 11.5 Å². The zero-order valence-corrected chi connectivity index (χ0v) is 13.6. The number of rotatable bonds is 4. The number of nitrogens with one attached hydrogen (secondary N) is 1. The number of aryl methyl sites for hydroxylation is 1. The number of ether oxygens (including phenoxy) is 1. The lowest BCUT2D eigenvalue weighted by Crippen LogP contribution is -2.41. The Labute approximate surface area is 134 Å². The largest absolute Gasteiger partial charge is 0.378 e. The highest BCUT2D eigenvalue weighted by Gasteiger charge is 2.23. The maximum Gasteiger partial charge on any atom is 0.267 e. The molecule has 116 valence electrons. The zero-order chi connectivity index (χ0) is 15.9. The van der Waals surface area contributed by atoms with Crippen LogP contribution in [-0.4, -0.2) is 43.4 Å². The summed E-state index contributed by atoms with van der Waals surface area (Å²) in [4.78, 5) is 14.2. The number of anilines is 1. The first-order chi connectivity index (χ1) is 10.7. The van der Waals surface area contributed by atoms with E-state index in [1.54, 1.807) is 4.90 Å². The number of thioether (sulfide) groups is 1. The first-order valence-corrected chi connectivity index (χ1v) is 8.27. The Balaban J connectivity index is 2.22. The highest BCUT2D eigenvalue weighted by atomic mass is 32.2. The van der Waals surface area contributed by atoms with Gasteiger partial charge in [-0.25, -0.2) is 0 Å². The Morgan fingerprint density at radius 2 is 1.95 bits per heavy atom. The summed E-state index contributed by atoms with van der Waals surface area (Å²) in [6.07, 6.45) is 1.85. The Hall–Kier alpha value is -1.97. The predicted molar refractivity (Wildman–Crippen MR) is 88.4 cm³/mol. The lowest BCUT2D eigenvalue weighted by molar-refractivity contribution is -0.130. The number of nitriles is 1. The molecule has 0 radical (unpaired) electrons. The molecule has 0 aliphatic carbocycles. The van der Waals surface area contributed by atoms with Crippen LogP contribution < -0.4 is 5.32 Å². The lowest BCUT2D eigenvalue weighted by atomic mass is 10.2. The van der Waals surface area contributed by atoms with Crippen molar-refractivity contribution in [2.24, 2.45) is 0 Å². The number of amides is 1. The molecule has 0 bridgehead atoms. The average Bonchev–Trinajstić information content (AvgIpc) is 2.57. The normalized spacial score (nSPS) is 15.8. The molecule has 1 aliphatic rings. The number of nitrogens with zero attached hydrogens (tertiary/aromatic N) is 2. The van der Waals surface area contributed by atoms with Crippen LogP contribution in [0.2, 0.25) is 0 Å². The van der Waals surface area contributed by atoms with Gasteiger partial charge in [0, 0.05) is 18.8 Å². The Bertz CT molecular complexity index is 599. The minimum Gasteiger partial charge on any atom is -0.378 e. The predicted octanol–water partition coefficient (Wildman–Crippen LogP) is 2.36. The third kappa shape index (κ3) is 4.03. The molecular formula is C16H19N3O2S. The summed E-state index contributed by atoms with van der Waals surface area (Å²) in [5.74, 6) is -0.241. The molecule has 5 nitrogen and oxygen atoms in total. The van der Waals surface area contributed by atoms with Crippen molar-refractivity contribution in [2.45, 2.75) is 6.92 Å². The second-order valence-electron chi connectivity index (χ2n) is 4.92. The van der Waals surface area contributed by atoms with E-state index in [4.69, 9.17) is 4.74 Å². The second-order valence-corrected chi connectivity index (χ2v) is 5.73. The zero-order valence-electron chi connectivity index (χ0n) is 12.8. The number of hydrogen-bond acceptors (Lipinski definition) is 5. The fraction of sp³-hybridized carbons (Fsp3) is 0.375. The minimum atomic E-state index is -0.241. The third-order valence-electron chi connectivity index (χ3n) is 3.36. The Morgan fingerprint density at radius 1 is 1.32 bits per heavy atom. The van der Waals surface area contributed by atoms with Crippen molar-refractivity contribution in [2.75, 3.05) is 37.9 Å². The van der Waals surface area contributed by atoms with E-state index in [0.29, 0.717) is 31.3 Å². The van der Waals surface area contributed by atoms with Gasteiger partial charge in [0.25, 0.3) is 5.91 Å². The van der Waals surface area contributed by atoms with Crippen LogP contribution in [0.1, 0.15) is 5.56 Å². The molecule has 1 N–H and O–H groups in total. The van der Waals surface area contributed by atoms with E-state index in [1.165, 1.54) is 11.8 Å². The van der Waals surface area contributed by atoms with Crippen LogP contribution in [0.25, 0.3) is 0 Å². The molecule has 1 aliphatic heterocycles. The SMILES string of the molecule is CSC(Nc1ccc(C)cc1)=C(C#N)C(=O)N1CCOCC1. The monoisotopic (exact) mass is 317 g/mol. The van der Waals surface area contributed by atoms with Crippen LogP contribution in [-0.2, 0) is 9.53 Å². The molecule has 1 saturated heterocycles. The van der Waals surface area contributed by atoms with E-state index >= 15 is 0 Å². The molecule has 0 aromatic heterocycles. The smallest absolute Gasteiger partial charge is 0.267 e. The summed E-state index contributed by atoms with van der Waals surface area (Å²) in [6.45, 7) is 4.10. The van der Waals surface area contributed by atoms with Crippen LogP contribution in [0.4, 0.5) is 5.69 Å². The van der Waals surface area contributed by atoms with Crippen LogP contribution >= 0.6 is 11.8 Å². The molecule has 0 atom stereocenters. The van der Waals surface area contributed by atoms with Crippen molar-refractivity contribution >= 4 is 23.4 Å². The highest BCUT2D eigenvalue weighted by molar-refractivity contribution is 8.02. The van der Waals surface area contributed by atoms with Gasteiger partial charge in [0.2, 0.25) is 0 Å². The van der Waals surface area contributed by atoms with Gasteiger partial charge < -0.3 is 15.0 Å². The molecular weight excluding hydrogens is 298 g/mol. The summed E-state index contributed by atoms with van der Waals surface area (Å²) in [6, 6.07) is 9.87. The molecule has 1 aromatic carbocycles. The molecule has 1 amide bonds. The fourth-order valence-corrected chi connectivity index (χ4v) is 2.66. The first kappa shape index (κ1) is 16.4. The molecule has 1 heterocycles. The van der Waals surface area contributed by atoms with Crippen molar-refractivity contribution in [1.29, 1.82) is 5.26 Å². The Morgan fingerprint density at radius 3 is 2.50 bits per heavy atom. The van der Waals surface area contributed by atoms with Crippen LogP contribution in [0, 0.1) is 18.3 Å². The van der Waals surface area contributed by atoms with Crippen molar-refractivity contribution in [3.63, 3.8) is 0 Å². The Kier molecular flexibility index (Phi) is 5.87. The minimum absolute atomic E-state index is 0.148. The quantitative estimate of drug-likeness (QED) is 0.682. The standard InChI is InChI=1S/C16H19N3O2S/c1-12-3-5-13(6-4-12)18-15(22-2)14(11-17)16(20)19-7-9-21-10-8-19/h3-6,18H,7-10H2,1-2H3. The third-order valence-corrected chi connectivity index (χ3v) is 4.08. The molecule has 0 unspecified atom stereocenters. The van der Waals surface area contributed by atoms with Gasteiger partial charge in [-0.05, 0) is 25.3 Å². The van der Waals surface area contributed by atoms with Gasteiger partial charge in [0.1, 0.15) is 11.6 Å². The summed E-state index contributed by atoms with van der Waals surface area (Å²) < 4.78 is 5.24. The molecule has 0 spiro atoms. The van der Waals surface area contributed by atoms with E-state index in [1.807, 2.05) is 43.5 Å². The summed E-state index contributed by atoms with van der Waals surface area (Å²) in [5.41, 5.74) is 2.16. The summed E-state index contributed by atoms with van der Waals surface area (Å²) in [5, 5.41) is 13.2. The topological polar surface area (TPSA) is 65.4 Å². The van der Waals surface area contributed by atoms with Crippen molar-refractivity contribution in [3.8, 4) is 6.07 Å². The van der Waals surface area contributed by atoms with Crippen LogP contribution in [0.3, 0.4) is 0 Å². The number of benzene rings is 1. The van der Waals surface area contributed by atoms with Gasteiger partial charge in [-0.3, -0.25) is 4.79 Å². The van der Waals surface area contributed by atoms with Gasteiger partial charge in [-0.1, -0.05) is 17.7 Å². The molecule has 22 heavy (non-hydrogen) atoms. The van der Waals surface area contributed by atoms with E-state index in [9.17, 15) is 10.1 Å². The van der Waals surface area contributed by atoms with E-state index in [2.05, 4.69) is 5.32 Å².